The fourth-order valence-corrected chi connectivity index (χ4v) is 2.34. The van der Waals surface area contributed by atoms with E-state index >= 15 is 0 Å². The Morgan fingerprint density at radius 1 is 1.64 bits per heavy atom. The molecule has 0 N–H and O–H groups in total. The van der Waals surface area contributed by atoms with Gasteiger partial charge in [0.15, 0.2) is 0 Å². The molecule has 0 spiro atoms. The lowest BCUT2D eigenvalue weighted by molar-refractivity contribution is -0.144. The van der Waals surface area contributed by atoms with Crippen molar-refractivity contribution < 1.29 is 9.53 Å². The number of hydrogen-bond acceptors (Lipinski definition) is 3. The van der Waals surface area contributed by atoms with Gasteiger partial charge in [-0.1, -0.05) is 15.9 Å². The van der Waals surface area contributed by atoms with Gasteiger partial charge in [0.05, 0.1) is 13.2 Å². The first-order chi connectivity index (χ1) is 6.76. The summed E-state index contributed by atoms with van der Waals surface area (Å²) in [6.45, 7) is 4.83. The van der Waals surface area contributed by atoms with Crippen LogP contribution in [0.5, 0.6) is 0 Å². The number of nitrogens with zero attached hydrogens (tertiary/aromatic N) is 1. The summed E-state index contributed by atoms with van der Waals surface area (Å²) >= 11 is 3.49. The highest BCUT2D eigenvalue weighted by Gasteiger charge is 2.20. The molecule has 1 rings (SSSR count). The van der Waals surface area contributed by atoms with Gasteiger partial charge in [-0.2, -0.15) is 0 Å². The molecule has 1 unspecified atom stereocenters. The lowest BCUT2D eigenvalue weighted by atomic mass is 10.0. The fraction of sp³-hybridized carbons (Fsp3) is 0.900. The van der Waals surface area contributed by atoms with Crippen LogP contribution < -0.4 is 0 Å². The van der Waals surface area contributed by atoms with Crippen molar-refractivity contribution in [1.29, 1.82) is 0 Å². The van der Waals surface area contributed by atoms with Gasteiger partial charge in [-0.05, 0) is 32.2 Å². The van der Waals surface area contributed by atoms with Crippen molar-refractivity contribution in [3.8, 4) is 0 Å². The molecule has 0 radical (unpaired) electrons. The van der Waals surface area contributed by atoms with Crippen molar-refractivity contribution in [3.63, 3.8) is 0 Å². The number of likely N-dealkylation sites (tertiary alicyclic amines) is 1. The summed E-state index contributed by atoms with van der Waals surface area (Å²) in [4.78, 5) is 13.4. The minimum atomic E-state index is -0.0947. The summed E-state index contributed by atoms with van der Waals surface area (Å²) in [6, 6.07) is 0. The first kappa shape index (κ1) is 12.0. The lowest BCUT2D eigenvalue weighted by Gasteiger charge is -2.30. The van der Waals surface area contributed by atoms with Crippen LogP contribution in [-0.2, 0) is 9.53 Å². The van der Waals surface area contributed by atoms with E-state index < -0.39 is 0 Å². The summed E-state index contributed by atoms with van der Waals surface area (Å²) in [7, 11) is 0. The summed E-state index contributed by atoms with van der Waals surface area (Å²) < 4.78 is 4.92. The number of alkyl halides is 1. The molecular formula is C10H18BrNO2. The third-order valence-electron chi connectivity index (χ3n) is 2.48. The Labute approximate surface area is 93.9 Å². The van der Waals surface area contributed by atoms with Gasteiger partial charge in [0.25, 0.3) is 0 Å². The fourth-order valence-electron chi connectivity index (χ4n) is 1.81. The van der Waals surface area contributed by atoms with Crippen molar-refractivity contribution in [1.82, 2.24) is 4.90 Å². The predicted molar refractivity (Wildman–Crippen MR) is 59.6 cm³/mol. The maximum atomic E-state index is 11.2. The number of rotatable bonds is 4. The molecule has 1 aliphatic heterocycles. The van der Waals surface area contributed by atoms with Crippen molar-refractivity contribution in [3.05, 3.63) is 0 Å². The number of hydrogen-bond donors (Lipinski definition) is 0. The molecule has 0 aliphatic carbocycles. The molecule has 14 heavy (non-hydrogen) atoms. The minimum Gasteiger partial charge on any atom is -0.465 e. The van der Waals surface area contributed by atoms with Crippen LogP contribution in [0.4, 0.5) is 0 Å². The smallest absolute Gasteiger partial charge is 0.320 e. The first-order valence-electron chi connectivity index (χ1n) is 5.20. The predicted octanol–water partition coefficient (Wildman–Crippen LogP) is 1.66. The van der Waals surface area contributed by atoms with Crippen molar-refractivity contribution in [2.45, 2.75) is 19.8 Å². The van der Waals surface area contributed by atoms with E-state index in [9.17, 15) is 4.79 Å². The van der Waals surface area contributed by atoms with Crippen LogP contribution in [0.1, 0.15) is 19.8 Å². The van der Waals surface area contributed by atoms with Gasteiger partial charge in [-0.15, -0.1) is 0 Å². The van der Waals surface area contributed by atoms with E-state index in [1.165, 1.54) is 12.8 Å². The largest absolute Gasteiger partial charge is 0.465 e. The van der Waals surface area contributed by atoms with Gasteiger partial charge < -0.3 is 4.74 Å². The molecule has 3 nitrogen and oxygen atoms in total. The second-order valence-corrected chi connectivity index (χ2v) is 4.35. The van der Waals surface area contributed by atoms with E-state index in [1.54, 1.807) is 0 Å². The molecule has 1 aliphatic rings. The van der Waals surface area contributed by atoms with E-state index in [0.29, 0.717) is 19.1 Å². The van der Waals surface area contributed by atoms with E-state index in [1.807, 2.05) is 6.92 Å². The molecule has 82 valence electrons. The van der Waals surface area contributed by atoms with Crippen LogP contribution >= 0.6 is 15.9 Å². The molecule has 0 saturated carbocycles. The molecule has 1 saturated heterocycles. The van der Waals surface area contributed by atoms with E-state index in [4.69, 9.17) is 4.74 Å². The van der Waals surface area contributed by atoms with Crippen molar-refractivity contribution in [2.75, 3.05) is 31.6 Å². The highest BCUT2D eigenvalue weighted by Crippen LogP contribution is 2.17. The summed E-state index contributed by atoms with van der Waals surface area (Å²) in [5.41, 5.74) is 0. The standard InChI is InChI=1S/C10H18BrNO2/c1-2-14-10(13)8-12-5-3-4-9(6-11)7-12/h9H,2-8H2,1H3. The molecule has 1 heterocycles. The van der Waals surface area contributed by atoms with E-state index in [0.717, 1.165) is 18.4 Å². The SMILES string of the molecule is CCOC(=O)CN1CCCC(CBr)C1. The summed E-state index contributed by atoms with van der Waals surface area (Å²) in [5.74, 6) is 0.598. The van der Waals surface area contributed by atoms with Crippen molar-refractivity contribution in [2.24, 2.45) is 5.92 Å². The van der Waals surface area contributed by atoms with Crippen LogP contribution in [0.25, 0.3) is 0 Å². The summed E-state index contributed by atoms with van der Waals surface area (Å²) in [5, 5.41) is 1.03. The number of halogens is 1. The van der Waals surface area contributed by atoms with Crippen LogP contribution in [0, 0.1) is 5.92 Å². The monoisotopic (exact) mass is 263 g/mol. The lowest BCUT2D eigenvalue weighted by Crippen LogP contribution is -2.39. The van der Waals surface area contributed by atoms with Crippen LogP contribution in [0.15, 0.2) is 0 Å². The molecule has 0 amide bonds. The average molecular weight is 264 g/mol. The Morgan fingerprint density at radius 3 is 3.07 bits per heavy atom. The molecule has 4 heteroatoms. The number of carbonyl (C=O) groups is 1. The Morgan fingerprint density at radius 2 is 2.43 bits per heavy atom. The van der Waals surface area contributed by atoms with Crippen LogP contribution in [-0.4, -0.2) is 42.4 Å². The second kappa shape index (κ2) is 6.40. The third kappa shape index (κ3) is 3.96. The number of ether oxygens (including phenoxy) is 1. The minimum absolute atomic E-state index is 0.0947. The average Bonchev–Trinajstić information content (AvgIpc) is 2.18. The second-order valence-electron chi connectivity index (χ2n) is 3.70. The Kier molecular flexibility index (Phi) is 5.48. The summed E-state index contributed by atoms with van der Waals surface area (Å²) in [6.07, 6.45) is 2.46. The van der Waals surface area contributed by atoms with Crippen LogP contribution in [0.2, 0.25) is 0 Å². The van der Waals surface area contributed by atoms with Gasteiger partial charge in [0.1, 0.15) is 0 Å². The maximum Gasteiger partial charge on any atom is 0.320 e. The molecule has 1 atom stereocenters. The topological polar surface area (TPSA) is 29.5 Å². The van der Waals surface area contributed by atoms with E-state index in [-0.39, 0.29) is 5.97 Å². The molecule has 1 fully saturated rings. The van der Waals surface area contributed by atoms with Gasteiger partial charge >= 0.3 is 5.97 Å². The Hall–Kier alpha value is -0.0900. The molecule has 0 aromatic rings. The van der Waals surface area contributed by atoms with Crippen molar-refractivity contribution >= 4 is 21.9 Å². The zero-order valence-corrected chi connectivity index (χ0v) is 10.3. The first-order valence-corrected chi connectivity index (χ1v) is 6.32. The molecule has 0 bridgehead atoms. The normalized spacial score (nSPS) is 23.4. The van der Waals surface area contributed by atoms with Gasteiger partial charge in [0.2, 0.25) is 0 Å². The molecule has 0 aromatic heterocycles. The number of piperidine rings is 1. The highest BCUT2D eigenvalue weighted by atomic mass is 79.9. The quantitative estimate of drug-likeness (QED) is 0.571. The number of carbonyl (C=O) groups excluding carboxylic acids is 1. The highest BCUT2D eigenvalue weighted by molar-refractivity contribution is 9.09. The number of esters is 1. The Balaban J connectivity index is 2.26. The maximum absolute atomic E-state index is 11.2. The third-order valence-corrected chi connectivity index (χ3v) is 3.40. The van der Waals surface area contributed by atoms with E-state index in [2.05, 4.69) is 20.8 Å². The molecule has 0 aromatic carbocycles. The van der Waals surface area contributed by atoms with Gasteiger partial charge in [-0.25, -0.2) is 0 Å². The zero-order valence-electron chi connectivity index (χ0n) is 8.67. The molecular weight excluding hydrogens is 246 g/mol. The van der Waals surface area contributed by atoms with Gasteiger partial charge in [-0.3, -0.25) is 9.69 Å². The van der Waals surface area contributed by atoms with Crippen LogP contribution in [0.3, 0.4) is 0 Å². The zero-order chi connectivity index (χ0) is 10.4. The Bertz CT molecular complexity index is 187. The van der Waals surface area contributed by atoms with Gasteiger partial charge in [0, 0.05) is 11.9 Å².